The number of rotatable bonds is 7. The number of pyridine rings is 1. The zero-order valence-electron chi connectivity index (χ0n) is 32.9. The molecule has 5 rings (SSSR count). The number of morpholine rings is 1. The van der Waals surface area contributed by atoms with Gasteiger partial charge in [-0.1, -0.05) is 12.1 Å². The predicted octanol–water partition coefficient (Wildman–Crippen LogP) is 5.69. The second-order valence-electron chi connectivity index (χ2n) is 16.7. The summed E-state index contributed by atoms with van der Waals surface area (Å²) in [7, 11) is 0. The number of hydrogen-bond acceptors (Lipinski definition) is 10. The Kier molecular flexibility index (Phi) is 12.2. The number of benzene rings is 1. The number of nitrogens with zero attached hydrogens (tertiary/aromatic N) is 5. The van der Waals surface area contributed by atoms with Crippen molar-refractivity contribution in [1.29, 1.82) is 0 Å². The van der Waals surface area contributed by atoms with Crippen LogP contribution in [-0.2, 0) is 25.4 Å². The highest BCUT2D eigenvalue weighted by molar-refractivity contribution is 5.97. The van der Waals surface area contributed by atoms with Crippen LogP contribution in [0.1, 0.15) is 80.4 Å². The monoisotopic (exact) mass is 740 g/mol. The van der Waals surface area contributed by atoms with E-state index in [-0.39, 0.29) is 72.9 Å². The van der Waals surface area contributed by atoms with Crippen LogP contribution in [-0.4, -0.2) is 125 Å². The summed E-state index contributed by atoms with van der Waals surface area (Å²) in [5.74, 6) is -0.0675. The Morgan fingerprint density at radius 2 is 1.53 bits per heavy atom. The van der Waals surface area contributed by atoms with Crippen molar-refractivity contribution in [2.24, 2.45) is 0 Å². The molecule has 0 unspecified atom stereocenters. The first-order valence-corrected chi connectivity index (χ1v) is 18.6. The summed E-state index contributed by atoms with van der Waals surface area (Å²) in [5, 5.41) is 2.76. The van der Waals surface area contributed by atoms with Gasteiger partial charge in [0, 0.05) is 55.8 Å². The van der Waals surface area contributed by atoms with Crippen molar-refractivity contribution in [3.05, 3.63) is 47.3 Å². The fourth-order valence-electron chi connectivity index (χ4n) is 7.10. The summed E-state index contributed by atoms with van der Waals surface area (Å²) in [6.07, 6.45) is -0.753. The van der Waals surface area contributed by atoms with E-state index in [0.717, 1.165) is 5.56 Å². The second kappa shape index (κ2) is 16.2. The number of halogens is 1. The summed E-state index contributed by atoms with van der Waals surface area (Å²) in [6.45, 7) is 22.1. The fourth-order valence-corrected chi connectivity index (χ4v) is 7.10. The molecule has 0 bridgehead atoms. The van der Waals surface area contributed by atoms with Crippen molar-refractivity contribution in [2.75, 3.05) is 56.2 Å². The van der Waals surface area contributed by atoms with E-state index in [0.29, 0.717) is 50.5 Å². The first-order chi connectivity index (χ1) is 24.8. The molecule has 5 atom stereocenters. The van der Waals surface area contributed by atoms with Crippen molar-refractivity contribution < 1.29 is 37.7 Å². The number of aromatic nitrogens is 1. The third-order valence-corrected chi connectivity index (χ3v) is 9.60. The fraction of sp³-hybridized carbons (Fsp3) is 0.641. The van der Waals surface area contributed by atoms with Crippen LogP contribution in [0.15, 0.2) is 30.3 Å². The molecule has 53 heavy (non-hydrogen) atoms. The number of anilines is 2. The highest BCUT2D eigenvalue weighted by Gasteiger charge is 2.41. The van der Waals surface area contributed by atoms with Crippen LogP contribution in [0.2, 0.25) is 0 Å². The van der Waals surface area contributed by atoms with Crippen LogP contribution in [0.25, 0.3) is 0 Å². The Morgan fingerprint density at radius 1 is 0.887 bits per heavy atom. The van der Waals surface area contributed by atoms with Crippen molar-refractivity contribution in [2.45, 2.75) is 117 Å². The molecule has 1 N–H and O–H groups in total. The van der Waals surface area contributed by atoms with Crippen LogP contribution in [0.3, 0.4) is 0 Å². The first kappa shape index (κ1) is 40.2. The van der Waals surface area contributed by atoms with Crippen LogP contribution >= 0.6 is 0 Å². The maximum absolute atomic E-state index is 14.6. The molecule has 3 amide bonds. The first-order valence-electron chi connectivity index (χ1n) is 18.6. The van der Waals surface area contributed by atoms with Gasteiger partial charge in [-0.2, -0.15) is 4.98 Å². The van der Waals surface area contributed by atoms with Gasteiger partial charge in [-0.15, -0.1) is 0 Å². The Labute approximate surface area is 313 Å². The largest absolute Gasteiger partial charge is 0.474 e. The van der Waals surface area contributed by atoms with E-state index in [9.17, 15) is 18.8 Å². The van der Waals surface area contributed by atoms with E-state index < -0.39 is 17.3 Å². The van der Waals surface area contributed by atoms with Crippen molar-refractivity contribution >= 4 is 29.6 Å². The van der Waals surface area contributed by atoms with Crippen LogP contribution in [0, 0.1) is 5.82 Å². The van der Waals surface area contributed by atoms with E-state index in [1.807, 2.05) is 40.7 Å². The lowest BCUT2D eigenvalue weighted by Crippen LogP contribution is -2.65. The van der Waals surface area contributed by atoms with E-state index in [4.69, 9.17) is 23.9 Å². The topological polar surface area (TPSA) is 126 Å². The summed E-state index contributed by atoms with van der Waals surface area (Å²) in [5.41, 5.74) is 0.487. The van der Waals surface area contributed by atoms with E-state index >= 15 is 0 Å². The minimum Gasteiger partial charge on any atom is -0.474 e. The third-order valence-electron chi connectivity index (χ3n) is 9.60. The van der Waals surface area contributed by atoms with Gasteiger partial charge in [0.15, 0.2) is 0 Å². The number of piperazine rings is 1. The molecule has 4 heterocycles. The molecule has 292 valence electrons. The average molecular weight is 741 g/mol. The quantitative estimate of drug-likeness (QED) is 0.379. The number of carbonyl (C=O) groups is 3. The molecule has 3 aliphatic rings. The van der Waals surface area contributed by atoms with Crippen molar-refractivity contribution in [3.8, 4) is 5.88 Å². The molecule has 2 saturated heterocycles. The zero-order valence-corrected chi connectivity index (χ0v) is 32.9. The Morgan fingerprint density at radius 3 is 2.15 bits per heavy atom. The Bertz CT molecular complexity index is 1620. The SMILES string of the molecule is C[C@@H]1CN(CC(=O)N2c3cc(Cc4ccc(F)cc4)c(NC(=O)OC(C)(C)C)nc3OC[C@@H]2C)[C@@H](CN2[C@H](C)COC[C@H]2C)CN1C(=O)OC(C)(C)C. The highest BCUT2D eigenvalue weighted by atomic mass is 19.1. The maximum Gasteiger partial charge on any atom is 0.413 e. The zero-order chi connectivity index (χ0) is 38.8. The summed E-state index contributed by atoms with van der Waals surface area (Å²) in [6, 6.07) is 7.56. The van der Waals surface area contributed by atoms with Crippen LogP contribution in [0.5, 0.6) is 5.88 Å². The molecule has 3 aliphatic heterocycles. The van der Waals surface area contributed by atoms with Gasteiger partial charge in [0.1, 0.15) is 35.1 Å². The summed E-state index contributed by atoms with van der Waals surface area (Å²) >= 11 is 0. The number of amides is 3. The Hall–Kier alpha value is -4.01. The molecule has 1 aromatic carbocycles. The minimum absolute atomic E-state index is 0.0965. The van der Waals surface area contributed by atoms with Crippen molar-refractivity contribution in [3.63, 3.8) is 0 Å². The number of ether oxygens (including phenoxy) is 4. The van der Waals surface area contributed by atoms with Gasteiger partial charge in [0.25, 0.3) is 0 Å². The number of hydrogen-bond donors (Lipinski definition) is 1. The van der Waals surface area contributed by atoms with Gasteiger partial charge in [-0.25, -0.2) is 14.0 Å². The van der Waals surface area contributed by atoms with Gasteiger partial charge in [0.2, 0.25) is 11.8 Å². The molecule has 0 aliphatic carbocycles. The van der Waals surface area contributed by atoms with Crippen molar-refractivity contribution in [1.82, 2.24) is 19.7 Å². The normalized spacial score (nSPS) is 24.2. The number of nitrogens with one attached hydrogen (secondary N) is 1. The lowest BCUT2D eigenvalue weighted by molar-refractivity contribution is -0.123. The van der Waals surface area contributed by atoms with Crippen LogP contribution < -0.4 is 15.0 Å². The van der Waals surface area contributed by atoms with Gasteiger partial charge in [0.05, 0.1) is 25.8 Å². The molecule has 1 aromatic heterocycles. The highest BCUT2D eigenvalue weighted by Crippen LogP contribution is 2.37. The number of carbonyl (C=O) groups excluding carboxylic acids is 3. The molecule has 2 fully saturated rings. The van der Waals surface area contributed by atoms with E-state index in [1.165, 1.54) is 12.1 Å². The minimum atomic E-state index is -0.740. The summed E-state index contributed by atoms with van der Waals surface area (Å²) in [4.78, 5) is 53.6. The average Bonchev–Trinajstić information content (AvgIpc) is 3.03. The van der Waals surface area contributed by atoms with Gasteiger partial charge in [-0.05, 0) is 93.0 Å². The molecular weight excluding hydrogens is 683 g/mol. The van der Waals surface area contributed by atoms with E-state index in [1.54, 1.807) is 42.7 Å². The summed E-state index contributed by atoms with van der Waals surface area (Å²) < 4.78 is 37.0. The standard InChI is InChI=1S/C39H57FN6O7/c1-24-17-43(31(18-44-25(2)21-50-22-26(44)3)19-45(24)37(49)53-39(8,9)10)20-33(47)46-27(4)23-51-35-32(46)16-29(15-28-11-13-30(40)14-12-28)34(41-35)42-36(48)52-38(5,6)7/h11-14,16,24-27,31H,15,17-23H2,1-10H3,(H,41,42,48)/t24-,25-,26-,27+,31+/m1/s1. The van der Waals surface area contributed by atoms with E-state index in [2.05, 4.69) is 29.0 Å². The molecule has 0 spiro atoms. The molecule has 0 radical (unpaired) electrons. The molecular formula is C39H57FN6O7. The molecule has 2 aromatic rings. The van der Waals surface area contributed by atoms with Gasteiger partial charge in [-0.3, -0.25) is 19.9 Å². The molecule has 14 heteroatoms. The lowest BCUT2D eigenvalue weighted by Gasteiger charge is -2.49. The second-order valence-corrected chi connectivity index (χ2v) is 16.7. The van der Waals surface area contributed by atoms with Gasteiger partial charge < -0.3 is 28.7 Å². The van der Waals surface area contributed by atoms with Gasteiger partial charge >= 0.3 is 12.2 Å². The third kappa shape index (κ3) is 10.4. The van der Waals surface area contributed by atoms with Crippen LogP contribution in [0.4, 0.5) is 25.5 Å². The lowest BCUT2D eigenvalue weighted by atomic mass is 10.0. The maximum atomic E-state index is 14.6. The number of fused-ring (bicyclic) bond motifs is 1. The molecule has 0 saturated carbocycles. The smallest absolute Gasteiger partial charge is 0.413 e. The molecule has 13 nitrogen and oxygen atoms in total. The predicted molar refractivity (Wildman–Crippen MR) is 200 cm³/mol. The Balaban J connectivity index is 1.45.